The van der Waals surface area contributed by atoms with Crippen LogP contribution in [0.3, 0.4) is 0 Å². The Balaban J connectivity index is 1.70. The number of quaternary nitrogens is 1. The Labute approximate surface area is 140 Å². The van der Waals surface area contributed by atoms with Crippen LogP contribution in [-0.2, 0) is 4.79 Å². The van der Waals surface area contributed by atoms with Gasteiger partial charge < -0.3 is 19.5 Å². The molecule has 0 atom stereocenters. The summed E-state index contributed by atoms with van der Waals surface area (Å²) in [5.74, 6) is -0.678. The second-order valence-corrected chi connectivity index (χ2v) is 5.54. The molecule has 1 aliphatic rings. The van der Waals surface area contributed by atoms with Crippen molar-refractivity contribution in [3.05, 3.63) is 24.2 Å². The zero-order chi connectivity index (χ0) is 18.4. The van der Waals surface area contributed by atoms with E-state index in [-0.39, 0.29) is 18.2 Å². The smallest absolute Gasteiger partial charge is 0.405 e. The fraction of sp³-hybridized carbons (Fsp3) is 0.500. The number of halogens is 3. The van der Waals surface area contributed by atoms with Gasteiger partial charge in [0.15, 0.2) is 12.3 Å². The van der Waals surface area contributed by atoms with Crippen molar-refractivity contribution in [2.45, 2.75) is 6.18 Å². The lowest BCUT2D eigenvalue weighted by Crippen LogP contribution is -3.15. The zero-order valence-electron chi connectivity index (χ0n) is 13.2. The summed E-state index contributed by atoms with van der Waals surface area (Å²) in [6.07, 6.45) is -3.13. The molecule has 0 aliphatic carbocycles. The Morgan fingerprint density at radius 1 is 1.24 bits per heavy atom. The van der Waals surface area contributed by atoms with E-state index in [1.54, 1.807) is 22.3 Å². The number of amides is 4. The average molecular weight is 363 g/mol. The highest BCUT2D eigenvalue weighted by atomic mass is 19.4. The van der Waals surface area contributed by atoms with Crippen molar-refractivity contribution < 1.29 is 36.9 Å². The molecule has 2 rings (SSSR count). The summed E-state index contributed by atoms with van der Waals surface area (Å²) in [6, 6.07) is 1.99. The highest BCUT2D eigenvalue weighted by Crippen LogP contribution is 2.11. The molecule has 0 radical (unpaired) electrons. The first-order chi connectivity index (χ1) is 11.7. The van der Waals surface area contributed by atoms with Gasteiger partial charge in [0.2, 0.25) is 0 Å². The molecule has 3 N–H and O–H groups in total. The minimum Gasteiger partial charge on any atom is -0.459 e. The molecule has 25 heavy (non-hydrogen) atoms. The van der Waals surface area contributed by atoms with E-state index in [1.165, 1.54) is 6.26 Å². The molecule has 0 aromatic carbocycles. The van der Waals surface area contributed by atoms with Gasteiger partial charge in [0, 0.05) is 0 Å². The molecule has 138 valence electrons. The van der Waals surface area contributed by atoms with Gasteiger partial charge in [-0.15, -0.1) is 0 Å². The van der Waals surface area contributed by atoms with Crippen LogP contribution in [0.4, 0.5) is 18.0 Å². The summed E-state index contributed by atoms with van der Waals surface area (Å²) in [5, 5.41) is 3.41. The SMILES string of the molecule is O=C(C[NH+]1CCN(C(=O)c2ccco2)CC1)NC(=O)NCC(F)(F)F. The Morgan fingerprint density at radius 3 is 2.48 bits per heavy atom. The average Bonchev–Trinajstić information content (AvgIpc) is 3.06. The van der Waals surface area contributed by atoms with Crippen LogP contribution in [-0.4, -0.2) is 68.2 Å². The third-order valence-corrected chi connectivity index (χ3v) is 3.60. The first kappa shape index (κ1) is 18.8. The highest BCUT2D eigenvalue weighted by Gasteiger charge is 2.29. The molecule has 0 unspecified atom stereocenters. The van der Waals surface area contributed by atoms with Crippen LogP contribution < -0.4 is 15.5 Å². The van der Waals surface area contributed by atoms with Crippen LogP contribution in [0.2, 0.25) is 0 Å². The minimum atomic E-state index is -4.54. The van der Waals surface area contributed by atoms with Gasteiger partial charge in [-0.25, -0.2) is 4.79 Å². The van der Waals surface area contributed by atoms with E-state index in [2.05, 4.69) is 0 Å². The Hall–Kier alpha value is -2.56. The van der Waals surface area contributed by atoms with Crippen LogP contribution in [0.25, 0.3) is 0 Å². The summed E-state index contributed by atoms with van der Waals surface area (Å²) >= 11 is 0. The molecular weight excluding hydrogens is 345 g/mol. The van der Waals surface area contributed by atoms with E-state index in [9.17, 15) is 27.6 Å². The molecule has 1 saturated heterocycles. The minimum absolute atomic E-state index is 0.0672. The van der Waals surface area contributed by atoms with Crippen LogP contribution in [0.15, 0.2) is 22.8 Å². The molecule has 11 heteroatoms. The third-order valence-electron chi connectivity index (χ3n) is 3.60. The molecule has 1 fully saturated rings. The molecule has 1 aromatic rings. The molecular formula is C14H18F3N4O4+. The van der Waals surface area contributed by atoms with E-state index >= 15 is 0 Å². The second kappa shape index (κ2) is 8.01. The van der Waals surface area contributed by atoms with Crippen LogP contribution in [0.5, 0.6) is 0 Å². The molecule has 0 bridgehead atoms. The molecule has 1 aromatic heterocycles. The molecule has 4 amide bonds. The molecule has 8 nitrogen and oxygen atoms in total. The number of piperazine rings is 1. The van der Waals surface area contributed by atoms with E-state index in [4.69, 9.17) is 4.42 Å². The summed E-state index contributed by atoms with van der Waals surface area (Å²) in [6.45, 7) is 0.188. The van der Waals surface area contributed by atoms with E-state index in [1.807, 2.05) is 5.32 Å². The number of carbonyl (C=O) groups excluding carboxylic acids is 3. The maximum Gasteiger partial charge on any atom is 0.405 e. The normalized spacial score (nSPS) is 15.7. The summed E-state index contributed by atoms with van der Waals surface area (Å²) < 4.78 is 40.9. The van der Waals surface area contributed by atoms with Gasteiger partial charge in [-0.05, 0) is 12.1 Å². The fourth-order valence-corrected chi connectivity index (χ4v) is 2.38. The molecule has 0 spiro atoms. The van der Waals surface area contributed by atoms with Crippen molar-refractivity contribution >= 4 is 17.8 Å². The Morgan fingerprint density at radius 2 is 1.92 bits per heavy atom. The topological polar surface area (TPSA) is 96.1 Å². The van der Waals surface area contributed by atoms with Crippen molar-refractivity contribution in [2.75, 3.05) is 39.3 Å². The number of nitrogens with zero attached hydrogens (tertiary/aromatic N) is 1. The van der Waals surface area contributed by atoms with Gasteiger partial charge in [-0.1, -0.05) is 0 Å². The summed E-state index contributed by atoms with van der Waals surface area (Å²) in [5.41, 5.74) is 0. The van der Waals surface area contributed by atoms with Crippen molar-refractivity contribution in [3.8, 4) is 0 Å². The number of urea groups is 1. The summed E-state index contributed by atoms with van der Waals surface area (Å²) in [4.78, 5) is 37.4. The highest BCUT2D eigenvalue weighted by molar-refractivity contribution is 5.94. The number of nitrogens with one attached hydrogen (secondary N) is 3. The lowest BCUT2D eigenvalue weighted by Gasteiger charge is -2.31. The number of imide groups is 1. The van der Waals surface area contributed by atoms with E-state index in [0.717, 1.165) is 4.90 Å². The summed E-state index contributed by atoms with van der Waals surface area (Å²) in [7, 11) is 0. The number of rotatable bonds is 4. The zero-order valence-corrected chi connectivity index (χ0v) is 13.2. The third kappa shape index (κ3) is 6.10. The van der Waals surface area contributed by atoms with Crippen LogP contribution >= 0.6 is 0 Å². The quantitative estimate of drug-likeness (QED) is 0.640. The van der Waals surface area contributed by atoms with Gasteiger partial charge in [-0.3, -0.25) is 14.9 Å². The first-order valence-corrected chi connectivity index (χ1v) is 7.55. The number of carbonyl (C=O) groups is 3. The Kier molecular flexibility index (Phi) is 6.02. The predicted octanol–water partition coefficient (Wildman–Crippen LogP) is -0.992. The van der Waals surface area contributed by atoms with Gasteiger partial charge in [0.1, 0.15) is 6.54 Å². The number of alkyl halides is 3. The number of furan rings is 1. The van der Waals surface area contributed by atoms with Crippen molar-refractivity contribution in [1.82, 2.24) is 15.5 Å². The van der Waals surface area contributed by atoms with Crippen LogP contribution in [0, 0.1) is 0 Å². The van der Waals surface area contributed by atoms with E-state index < -0.39 is 24.7 Å². The number of hydrogen-bond acceptors (Lipinski definition) is 4. The molecule has 0 saturated carbocycles. The number of hydrogen-bond donors (Lipinski definition) is 3. The van der Waals surface area contributed by atoms with Gasteiger partial charge in [0.05, 0.1) is 32.4 Å². The first-order valence-electron chi connectivity index (χ1n) is 7.55. The van der Waals surface area contributed by atoms with Gasteiger partial charge >= 0.3 is 12.2 Å². The maximum atomic E-state index is 12.1. The second-order valence-electron chi connectivity index (χ2n) is 5.54. The lowest BCUT2D eigenvalue weighted by atomic mass is 10.3. The molecule has 1 aliphatic heterocycles. The molecule has 2 heterocycles. The van der Waals surface area contributed by atoms with Crippen molar-refractivity contribution in [2.24, 2.45) is 0 Å². The van der Waals surface area contributed by atoms with E-state index in [0.29, 0.717) is 26.2 Å². The standard InChI is InChI=1S/C14H17F3N4O4/c15-14(16,17)9-18-13(24)19-11(22)8-20-3-5-21(6-4-20)12(23)10-2-1-7-25-10/h1-2,7H,3-6,8-9H2,(H2,18,19,22,24)/p+1. The Bertz CT molecular complexity index is 610. The monoisotopic (exact) mass is 363 g/mol. The van der Waals surface area contributed by atoms with Crippen molar-refractivity contribution in [3.63, 3.8) is 0 Å². The van der Waals surface area contributed by atoms with Gasteiger partial charge in [-0.2, -0.15) is 13.2 Å². The fourth-order valence-electron chi connectivity index (χ4n) is 2.38. The largest absolute Gasteiger partial charge is 0.459 e. The van der Waals surface area contributed by atoms with Crippen molar-refractivity contribution in [1.29, 1.82) is 0 Å². The van der Waals surface area contributed by atoms with Crippen LogP contribution in [0.1, 0.15) is 10.6 Å². The lowest BCUT2D eigenvalue weighted by molar-refractivity contribution is -0.895. The van der Waals surface area contributed by atoms with Gasteiger partial charge in [0.25, 0.3) is 11.8 Å². The maximum absolute atomic E-state index is 12.1. The predicted molar refractivity (Wildman–Crippen MR) is 77.8 cm³/mol.